The Kier molecular flexibility index (Phi) is 4.10. The van der Waals surface area contributed by atoms with Crippen molar-refractivity contribution in [2.75, 3.05) is 25.0 Å². The lowest BCUT2D eigenvalue weighted by Gasteiger charge is -2.27. The third-order valence-corrected chi connectivity index (χ3v) is 4.72. The minimum Gasteiger partial charge on any atom is -0.368 e. The fourth-order valence-electron chi connectivity index (χ4n) is 2.66. The van der Waals surface area contributed by atoms with Crippen molar-refractivity contribution < 1.29 is 0 Å². The molecular weight excluding hydrogens is 276 g/mol. The summed E-state index contributed by atoms with van der Waals surface area (Å²) in [6.45, 7) is 6.75. The molecule has 0 radical (unpaired) electrons. The van der Waals surface area contributed by atoms with Crippen LogP contribution in [0.15, 0.2) is 22.7 Å². The van der Waals surface area contributed by atoms with E-state index in [9.17, 15) is 0 Å². The molecule has 2 atom stereocenters. The maximum Gasteiger partial charge on any atom is 0.0380 e. The smallest absolute Gasteiger partial charge is 0.0380 e. The summed E-state index contributed by atoms with van der Waals surface area (Å²) in [5, 5.41) is 3.30. The Bertz CT molecular complexity index is 392. The predicted molar refractivity (Wildman–Crippen MR) is 77.7 cm³/mol. The molecule has 1 aromatic rings. The summed E-state index contributed by atoms with van der Waals surface area (Å²) >= 11 is 3.62. The predicted octanol–water partition coefficient (Wildman–Crippen LogP) is 3.19. The Morgan fingerprint density at radius 3 is 2.88 bits per heavy atom. The monoisotopic (exact) mass is 296 g/mol. The van der Waals surface area contributed by atoms with E-state index in [1.165, 1.54) is 28.7 Å². The molecule has 1 aromatic carbocycles. The van der Waals surface area contributed by atoms with Crippen molar-refractivity contribution in [2.45, 2.75) is 26.3 Å². The van der Waals surface area contributed by atoms with Crippen molar-refractivity contribution in [2.24, 2.45) is 5.92 Å². The molecular formula is C14H21BrN2. The van der Waals surface area contributed by atoms with E-state index in [2.05, 4.69) is 58.2 Å². The quantitative estimate of drug-likeness (QED) is 0.921. The van der Waals surface area contributed by atoms with Crippen molar-refractivity contribution in [3.63, 3.8) is 0 Å². The Morgan fingerprint density at radius 2 is 2.24 bits per heavy atom. The Hall–Kier alpha value is -0.540. The molecule has 0 saturated carbocycles. The van der Waals surface area contributed by atoms with E-state index in [0.717, 1.165) is 12.5 Å². The van der Waals surface area contributed by atoms with Crippen LogP contribution in [-0.2, 0) is 0 Å². The number of rotatable bonds is 3. The number of nitrogens with zero attached hydrogens (tertiary/aromatic N) is 1. The van der Waals surface area contributed by atoms with Gasteiger partial charge in [-0.05, 0) is 57.5 Å². The standard InChI is InChI=1S/C14H21BrN2/c1-10-4-5-13(8-14(10)15)17-7-6-12(9-16-3)11(17)2/h4-5,8,11-12,16H,6-7,9H2,1-3H3. The average Bonchev–Trinajstić information content (AvgIpc) is 2.66. The first-order chi connectivity index (χ1) is 8.13. The molecule has 1 N–H and O–H groups in total. The van der Waals surface area contributed by atoms with Crippen LogP contribution in [0, 0.1) is 12.8 Å². The normalized spacial score (nSPS) is 24.4. The van der Waals surface area contributed by atoms with Crippen LogP contribution in [0.5, 0.6) is 0 Å². The summed E-state index contributed by atoms with van der Waals surface area (Å²) in [5.74, 6) is 0.764. The van der Waals surface area contributed by atoms with E-state index in [1.807, 2.05) is 7.05 Å². The van der Waals surface area contributed by atoms with E-state index in [1.54, 1.807) is 0 Å². The van der Waals surface area contributed by atoms with Gasteiger partial charge in [-0.2, -0.15) is 0 Å². The lowest BCUT2D eigenvalue weighted by molar-refractivity contribution is 0.473. The average molecular weight is 297 g/mol. The van der Waals surface area contributed by atoms with Crippen molar-refractivity contribution in [3.05, 3.63) is 28.2 Å². The topological polar surface area (TPSA) is 15.3 Å². The third-order valence-electron chi connectivity index (χ3n) is 3.87. The Labute approximate surface area is 113 Å². The molecule has 1 aliphatic heterocycles. The molecule has 0 spiro atoms. The highest BCUT2D eigenvalue weighted by Gasteiger charge is 2.30. The summed E-state index contributed by atoms with van der Waals surface area (Å²) in [7, 11) is 2.04. The van der Waals surface area contributed by atoms with Crippen LogP contribution in [0.4, 0.5) is 5.69 Å². The van der Waals surface area contributed by atoms with Crippen molar-refractivity contribution in [1.82, 2.24) is 5.32 Å². The molecule has 17 heavy (non-hydrogen) atoms. The van der Waals surface area contributed by atoms with Gasteiger partial charge >= 0.3 is 0 Å². The van der Waals surface area contributed by atoms with Crippen LogP contribution < -0.4 is 10.2 Å². The molecule has 0 aromatic heterocycles. The summed E-state index contributed by atoms with van der Waals surface area (Å²) in [4.78, 5) is 2.52. The Morgan fingerprint density at radius 1 is 1.47 bits per heavy atom. The summed E-state index contributed by atoms with van der Waals surface area (Å²) in [6.07, 6.45) is 1.29. The zero-order valence-corrected chi connectivity index (χ0v) is 12.4. The minimum absolute atomic E-state index is 0.622. The van der Waals surface area contributed by atoms with Crippen LogP contribution in [0.3, 0.4) is 0 Å². The first-order valence-corrected chi connectivity index (χ1v) is 7.10. The zero-order chi connectivity index (χ0) is 12.4. The summed E-state index contributed by atoms with van der Waals surface area (Å²) in [5.41, 5.74) is 2.64. The van der Waals surface area contributed by atoms with Crippen LogP contribution in [0.1, 0.15) is 18.9 Å². The fourth-order valence-corrected chi connectivity index (χ4v) is 3.03. The van der Waals surface area contributed by atoms with Crippen molar-refractivity contribution in [3.8, 4) is 0 Å². The lowest BCUT2D eigenvalue weighted by atomic mass is 10.0. The molecule has 1 aliphatic rings. The second-order valence-corrected chi connectivity index (χ2v) is 5.83. The number of hydrogen-bond donors (Lipinski definition) is 1. The number of hydrogen-bond acceptors (Lipinski definition) is 2. The van der Waals surface area contributed by atoms with Gasteiger partial charge < -0.3 is 10.2 Å². The van der Waals surface area contributed by atoms with Gasteiger partial charge in [-0.15, -0.1) is 0 Å². The van der Waals surface area contributed by atoms with Gasteiger partial charge in [0, 0.05) is 22.7 Å². The van der Waals surface area contributed by atoms with Gasteiger partial charge in [0.15, 0.2) is 0 Å². The molecule has 2 rings (SSSR count). The number of halogens is 1. The van der Waals surface area contributed by atoms with Gasteiger partial charge in [0.1, 0.15) is 0 Å². The van der Waals surface area contributed by atoms with Gasteiger partial charge in [0.2, 0.25) is 0 Å². The van der Waals surface area contributed by atoms with E-state index in [4.69, 9.17) is 0 Å². The van der Waals surface area contributed by atoms with Gasteiger partial charge in [0.25, 0.3) is 0 Å². The van der Waals surface area contributed by atoms with Gasteiger partial charge in [0.05, 0.1) is 0 Å². The van der Waals surface area contributed by atoms with Gasteiger partial charge in [-0.3, -0.25) is 0 Å². The first-order valence-electron chi connectivity index (χ1n) is 6.31. The highest BCUT2D eigenvalue weighted by molar-refractivity contribution is 9.10. The highest BCUT2D eigenvalue weighted by atomic mass is 79.9. The molecule has 1 heterocycles. The van der Waals surface area contributed by atoms with Gasteiger partial charge in [-0.25, -0.2) is 0 Å². The number of nitrogens with one attached hydrogen (secondary N) is 1. The molecule has 3 heteroatoms. The SMILES string of the molecule is CNCC1CCN(c2ccc(C)c(Br)c2)C1C. The number of anilines is 1. The van der Waals surface area contributed by atoms with E-state index < -0.39 is 0 Å². The van der Waals surface area contributed by atoms with Crippen molar-refractivity contribution >= 4 is 21.6 Å². The van der Waals surface area contributed by atoms with Crippen LogP contribution >= 0.6 is 15.9 Å². The van der Waals surface area contributed by atoms with E-state index in [-0.39, 0.29) is 0 Å². The van der Waals surface area contributed by atoms with Crippen molar-refractivity contribution in [1.29, 1.82) is 0 Å². The molecule has 0 aliphatic carbocycles. The Balaban J connectivity index is 2.15. The molecule has 94 valence electrons. The van der Waals surface area contributed by atoms with E-state index in [0.29, 0.717) is 6.04 Å². The second kappa shape index (κ2) is 5.40. The first kappa shape index (κ1) is 12.9. The zero-order valence-electron chi connectivity index (χ0n) is 10.8. The third kappa shape index (κ3) is 2.66. The highest BCUT2D eigenvalue weighted by Crippen LogP contribution is 2.31. The maximum absolute atomic E-state index is 3.62. The maximum atomic E-state index is 3.62. The number of benzene rings is 1. The lowest BCUT2D eigenvalue weighted by Crippen LogP contribution is -2.33. The summed E-state index contributed by atoms with van der Waals surface area (Å²) < 4.78 is 1.21. The van der Waals surface area contributed by atoms with Crippen LogP contribution in [0.25, 0.3) is 0 Å². The molecule has 0 bridgehead atoms. The minimum atomic E-state index is 0.622. The number of aryl methyl sites for hydroxylation is 1. The molecule has 0 amide bonds. The van der Waals surface area contributed by atoms with E-state index >= 15 is 0 Å². The molecule has 2 unspecified atom stereocenters. The molecule has 2 nitrogen and oxygen atoms in total. The second-order valence-electron chi connectivity index (χ2n) is 4.97. The van der Waals surface area contributed by atoms with Crippen LogP contribution in [0.2, 0.25) is 0 Å². The largest absolute Gasteiger partial charge is 0.368 e. The summed E-state index contributed by atoms with van der Waals surface area (Å²) in [6, 6.07) is 7.29. The molecule has 1 saturated heterocycles. The fraction of sp³-hybridized carbons (Fsp3) is 0.571. The van der Waals surface area contributed by atoms with Gasteiger partial charge in [-0.1, -0.05) is 22.0 Å². The molecule has 1 fully saturated rings. The van der Waals surface area contributed by atoms with Crippen LogP contribution in [-0.4, -0.2) is 26.2 Å².